The second kappa shape index (κ2) is 2.63. The van der Waals surface area contributed by atoms with Crippen LogP contribution in [0.3, 0.4) is 0 Å². The molecule has 0 bridgehead atoms. The van der Waals surface area contributed by atoms with Gasteiger partial charge in [0, 0.05) is 12.0 Å². The summed E-state index contributed by atoms with van der Waals surface area (Å²) >= 11 is 0. The molecular weight excluding hydrogens is 134 g/mol. The van der Waals surface area contributed by atoms with Crippen molar-refractivity contribution in [3.8, 4) is 0 Å². The minimum atomic E-state index is 0.697. The van der Waals surface area contributed by atoms with E-state index in [1.807, 2.05) is 0 Å². The fourth-order valence-electron chi connectivity index (χ4n) is 1.93. The number of hydrogen-bond acceptors (Lipinski definition) is 1. The van der Waals surface area contributed by atoms with Gasteiger partial charge in [0.2, 0.25) is 0 Å². The molecule has 2 aliphatic rings. The van der Waals surface area contributed by atoms with Gasteiger partial charge < -0.3 is 5.32 Å². The Morgan fingerprint density at radius 2 is 2.27 bits per heavy atom. The van der Waals surface area contributed by atoms with E-state index in [0.717, 1.165) is 18.4 Å². The van der Waals surface area contributed by atoms with E-state index in [1.165, 1.54) is 24.8 Å². The topological polar surface area (TPSA) is 12.0 Å². The molecule has 0 aromatic heterocycles. The Bertz CT molecular complexity index is 170. The van der Waals surface area contributed by atoms with Crippen LogP contribution >= 0.6 is 0 Å². The van der Waals surface area contributed by atoms with Gasteiger partial charge in [-0.15, -0.1) is 0 Å². The van der Waals surface area contributed by atoms with Crippen LogP contribution in [-0.2, 0) is 0 Å². The molecule has 1 heteroatoms. The number of nitrogens with one attached hydrogen (secondary N) is 1. The molecule has 1 nitrogen and oxygen atoms in total. The maximum atomic E-state index is 4.08. The summed E-state index contributed by atoms with van der Waals surface area (Å²) in [5.74, 6) is 1.87. The van der Waals surface area contributed by atoms with Crippen LogP contribution in [0.2, 0.25) is 0 Å². The van der Waals surface area contributed by atoms with Crippen LogP contribution in [0.15, 0.2) is 12.2 Å². The smallest absolute Gasteiger partial charge is 0.0349 e. The molecule has 1 N–H and O–H groups in total. The zero-order chi connectivity index (χ0) is 7.84. The van der Waals surface area contributed by atoms with Gasteiger partial charge in [0.1, 0.15) is 0 Å². The highest BCUT2D eigenvalue weighted by Gasteiger charge is 2.50. The highest BCUT2D eigenvalue weighted by molar-refractivity contribution is 5.34. The molecule has 0 amide bonds. The van der Waals surface area contributed by atoms with E-state index in [9.17, 15) is 0 Å². The fraction of sp³-hybridized carbons (Fsp3) is 0.800. The predicted molar refractivity (Wildman–Crippen MR) is 47.4 cm³/mol. The fourth-order valence-corrected chi connectivity index (χ4v) is 1.93. The van der Waals surface area contributed by atoms with E-state index in [-0.39, 0.29) is 0 Å². The van der Waals surface area contributed by atoms with E-state index in [1.54, 1.807) is 0 Å². The Morgan fingerprint density at radius 1 is 1.55 bits per heavy atom. The van der Waals surface area contributed by atoms with E-state index < -0.39 is 0 Å². The first-order chi connectivity index (χ1) is 5.34. The molecule has 0 spiro atoms. The summed E-state index contributed by atoms with van der Waals surface area (Å²) in [6.45, 7) is 7.45. The molecule has 2 unspecified atom stereocenters. The maximum absolute atomic E-state index is 4.08. The first kappa shape index (κ1) is 7.35. The average molecular weight is 151 g/mol. The largest absolute Gasteiger partial charge is 0.310 e. The SMILES string of the molecule is C=C1C(NCCC)C1C1CC1. The normalized spacial score (nSPS) is 35.9. The van der Waals surface area contributed by atoms with Crippen molar-refractivity contribution in [1.82, 2.24) is 5.32 Å². The second-order valence-corrected chi connectivity index (χ2v) is 3.87. The molecule has 2 saturated carbocycles. The number of hydrogen-bond donors (Lipinski definition) is 1. The van der Waals surface area contributed by atoms with Crippen LogP contribution in [0.5, 0.6) is 0 Å². The number of rotatable bonds is 4. The van der Waals surface area contributed by atoms with Crippen molar-refractivity contribution in [1.29, 1.82) is 0 Å². The molecule has 62 valence electrons. The Morgan fingerprint density at radius 3 is 2.82 bits per heavy atom. The zero-order valence-electron chi connectivity index (χ0n) is 7.27. The molecule has 2 aliphatic carbocycles. The first-order valence-electron chi connectivity index (χ1n) is 4.76. The molecule has 2 rings (SSSR count). The van der Waals surface area contributed by atoms with Crippen molar-refractivity contribution in [3.05, 3.63) is 12.2 Å². The maximum Gasteiger partial charge on any atom is 0.0349 e. The molecule has 0 heterocycles. The highest BCUT2D eigenvalue weighted by atomic mass is 15.0. The molecular formula is C10H17N. The average Bonchev–Trinajstić information content (AvgIpc) is 2.82. The Hall–Kier alpha value is -0.300. The Kier molecular flexibility index (Phi) is 1.76. The lowest BCUT2D eigenvalue weighted by Crippen LogP contribution is -2.19. The van der Waals surface area contributed by atoms with E-state index in [0.29, 0.717) is 6.04 Å². The minimum absolute atomic E-state index is 0.697. The summed E-state index contributed by atoms with van der Waals surface area (Å²) in [4.78, 5) is 0. The van der Waals surface area contributed by atoms with E-state index in [4.69, 9.17) is 0 Å². The molecule has 0 aliphatic heterocycles. The summed E-state index contributed by atoms with van der Waals surface area (Å²) in [5.41, 5.74) is 1.47. The third-order valence-electron chi connectivity index (χ3n) is 2.82. The van der Waals surface area contributed by atoms with Gasteiger partial charge in [-0.05, 0) is 31.7 Å². The first-order valence-corrected chi connectivity index (χ1v) is 4.76. The van der Waals surface area contributed by atoms with E-state index in [2.05, 4.69) is 18.8 Å². The summed E-state index contributed by atoms with van der Waals surface area (Å²) in [6.07, 6.45) is 4.14. The van der Waals surface area contributed by atoms with E-state index >= 15 is 0 Å². The van der Waals surface area contributed by atoms with Crippen LogP contribution in [0.1, 0.15) is 26.2 Å². The molecule has 0 radical (unpaired) electrons. The van der Waals surface area contributed by atoms with Gasteiger partial charge in [0.15, 0.2) is 0 Å². The molecule has 0 aromatic carbocycles. The molecule has 0 saturated heterocycles. The summed E-state index contributed by atoms with van der Waals surface area (Å²) < 4.78 is 0. The molecule has 0 aromatic rings. The lowest BCUT2D eigenvalue weighted by molar-refractivity contribution is 0.590. The summed E-state index contributed by atoms with van der Waals surface area (Å²) in [7, 11) is 0. The quantitative estimate of drug-likeness (QED) is 0.605. The van der Waals surface area contributed by atoms with Gasteiger partial charge in [-0.1, -0.05) is 19.1 Å². The lowest BCUT2D eigenvalue weighted by atomic mass is 10.2. The van der Waals surface area contributed by atoms with Crippen molar-refractivity contribution in [2.24, 2.45) is 11.8 Å². The minimum Gasteiger partial charge on any atom is -0.310 e. The van der Waals surface area contributed by atoms with Crippen LogP contribution in [0.4, 0.5) is 0 Å². The van der Waals surface area contributed by atoms with Gasteiger partial charge in [0.05, 0.1) is 0 Å². The summed E-state index contributed by atoms with van der Waals surface area (Å²) in [6, 6.07) is 0.697. The second-order valence-electron chi connectivity index (χ2n) is 3.87. The van der Waals surface area contributed by atoms with Crippen LogP contribution in [0, 0.1) is 11.8 Å². The van der Waals surface area contributed by atoms with Crippen molar-refractivity contribution in [2.75, 3.05) is 6.54 Å². The monoisotopic (exact) mass is 151 g/mol. The van der Waals surface area contributed by atoms with Gasteiger partial charge in [0.25, 0.3) is 0 Å². The Labute approximate surface area is 68.9 Å². The Balaban J connectivity index is 1.75. The molecule has 2 atom stereocenters. The van der Waals surface area contributed by atoms with Gasteiger partial charge in [-0.25, -0.2) is 0 Å². The lowest BCUT2D eigenvalue weighted by Gasteiger charge is -1.98. The highest BCUT2D eigenvalue weighted by Crippen LogP contribution is 2.53. The van der Waals surface area contributed by atoms with Crippen molar-refractivity contribution in [3.63, 3.8) is 0 Å². The van der Waals surface area contributed by atoms with Gasteiger partial charge in [-0.2, -0.15) is 0 Å². The zero-order valence-corrected chi connectivity index (χ0v) is 7.27. The standard InChI is InChI=1S/C10H17N/c1-3-6-11-10-7(2)9(10)8-4-5-8/h8-11H,2-6H2,1H3. The van der Waals surface area contributed by atoms with Crippen molar-refractivity contribution in [2.45, 2.75) is 32.2 Å². The predicted octanol–water partition coefficient (Wildman–Crippen LogP) is 1.95. The molecule has 2 fully saturated rings. The third kappa shape index (κ3) is 1.34. The van der Waals surface area contributed by atoms with Crippen LogP contribution in [-0.4, -0.2) is 12.6 Å². The molecule has 11 heavy (non-hydrogen) atoms. The van der Waals surface area contributed by atoms with Crippen molar-refractivity contribution >= 4 is 0 Å². The van der Waals surface area contributed by atoms with Crippen LogP contribution < -0.4 is 5.32 Å². The summed E-state index contributed by atoms with van der Waals surface area (Å²) in [5, 5.41) is 3.53. The van der Waals surface area contributed by atoms with Crippen LogP contribution in [0.25, 0.3) is 0 Å². The van der Waals surface area contributed by atoms with Crippen molar-refractivity contribution < 1.29 is 0 Å². The van der Waals surface area contributed by atoms with Gasteiger partial charge in [-0.3, -0.25) is 0 Å². The van der Waals surface area contributed by atoms with Gasteiger partial charge >= 0.3 is 0 Å². The third-order valence-corrected chi connectivity index (χ3v) is 2.82.